The van der Waals surface area contributed by atoms with E-state index in [4.69, 9.17) is 0 Å². The van der Waals surface area contributed by atoms with Crippen LogP contribution in [0.1, 0.15) is 22.3 Å². The van der Waals surface area contributed by atoms with Crippen LogP contribution in [0.5, 0.6) is 0 Å². The smallest absolute Gasteiger partial charge is 0.163 e. The molecule has 2 heteroatoms. The molecule has 19 heavy (non-hydrogen) atoms. The van der Waals surface area contributed by atoms with Crippen LogP contribution in [0.3, 0.4) is 0 Å². The first kappa shape index (κ1) is 13.3. The Morgan fingerprint density at radius 3 is 2.42 bits per heavy atom. The van der Waals surface area contributed by atoms with Gasteiger partial charge in [0.2, 0.25) is 0 Å². The van der Waals surface area contributed by atoms with Crippen molar-refractivity contribution in [1.29, 1.82) is 0 Å². The minimum Gasteiger partial charge on any atom is -0.378 e. The van der Waals surface area contributed by atoms with Crippen LogP contribution in [0.25, 0.3) is 0 Å². The standard InChI is InChI=1S/C17H19NO/c1-18(2)16-10-6-9-15(13-16)17(19)12-11-14-7-4-3-5-8-14/h3-10,13H,11-12H2,1-2H3. The van der Waals surface area contributed by atoms with Crippen LogP contribution < -0.4 is 4.90 Å². The van der Waals surface area contributed by atoms with Gasteiger partial charge < -0.3 is 4.90 Å². The molecule has 0 radical (unpaired) electrons. The molecule has 2 rings (SSSR count). The second-order valence-corrected chi connectivity index (χ2v) is 4.85. The minimum absolute atomic E-state index is 0.201. The Balaban J connectivity index is 2.02. The molecule has 98 valence electrons. The van der Waals surface area contributed by atoms with Crippen molar-refractivity contribution < 1.29 is 4.79 Å². The number of nitrogens with zero attached hydrogens (tertiary/aromatic N) is 1. The molecule has 0 fully saturated rings. The summed E-state index contributed by atoms with van der Waals surface area (Å²) < 4.78 is 0. The molecule has 0 atom stereocenters. The molecule has 2 nitrogen and oxygen atoms in total. The van der Waals surface area contributed by atoms with Gasteiger partial charge in [-0.15, -0.1) is 0 Å². The van der Waals surface area contributed by atoms with Gasteiger partial charge in [0.1, 0.15) is 0 Å². The van der Waals surface area contributed by atoms with Crippen molar-refractivity contribution in [3.63, 3.8) is 0 Å². The molecular formula is C17H19NO. The molecule has 2 aromatic rings. The van der Waals surface area contributed by atoms with Crippen LogP contribution >= 0.6 is 0 Å². The van der Waals surface area contributed by atoms with E-state index in [1.807, 2.05) is 61.5 Å². The van der Waals surface area contributed by atoms with Gasteiger partial charge in [-0.2, -0.15) is 0 Å². The summed E-state index contributed by atoms with van der Waals surface area (Å²) in [7, 11) is 3.96. The molecule has 0 saturated heterocycles. The number of anilines is 1. The normalized spacial score (nSPS) is 10.2. The number of benzene rings is 2. The quantitative estimate of drug-likeness (QED) is 0.759. The monoisotopic (exact) mass is 253 g/mol. The highest BCUT2D eigenvalue weighted by molar-refractivity contribution is 5.97. The summed E-state index contributed by atoms with van der Waals surface area (Å²) in [5.41, 5.74) is 3.06. The summed E-state index contributed by atoms with van der Waals surface area (Å²) in [6, 6.07) is 17.9. The molecule has 0 N–H and O–H groups in total. The number of ketones is 1. The van der Waals surface area contributed by atoms with Crippen LogP contribution in [0.2, 0.25) is 0 Å². The number of carbonyl (C=O) groups is 1. The third-order valence-electron chi connectivity index (χ3n) is 3.17. The fraction of sp³-hybridized carbons (Fsp3) is 0.235. The molecule has 0 aromatic heterocycles. The summed E-state index contributed by atoms with van der Waals surface area (Å²) in [6.45, 7) is 0. The number of Topliss-reactive ketones (excluding diaryl/α,β-unsaturated/α-hetero) is 1. The number of hydrogen-bond acceptors (Lipinski definition) is 2. The molecule has 0 saturated carbocycles. The first-order valence-electron chi connectivity index (χ1n) is 6.51. The maximum atomic E-state index is 12.2. The molecular weight excluding hydrogens is 234 g/mol. The third kappa shape index (κ3) is 3.68. The molecule has 0 unspecified atom stereocenters. The van der Waals surface area contributed by atoms with Crippen LogP contribution in [-0.2, 0) is 6.42 Å². The van der Waals surface area contributed by atoms with E-state index in [2.05, 4.69) is 12.1 Å². The van der Waals surface area contributed by atoms with Gasteiger partial charge >= 0.3 is 0 Å². The van der Waals surface area contributed by atoms with Crippen molar-refractivity contribution in [2.24, 2.45) is 0 Å². The highest BCUT2D eigenvalue weighted by Crippen LogP contribution is 2.15. The zero-order chi connectivity index (χ0) is 13.7. The fourth-order valence-corrected chi connectivity index (χ4v) is 2.00. The number of carbonyl (C=O) groups excluding carboxylic acids is 1. The molecule has 0 aliphatic carbocycles. The topological polar surface area (TPSA) is 20.3 Å². The van der Waals surface area contributed by atoms with Crippen LogP contribution in [0.4, 0.5) is 5.69 Å². The van der Waals surface area contributed by atoms with Crippen LogP contribution in [0.15, 0.2) is 54.6 Å². The van der Waals surface area contributed by atoms with Gasteiger partial charge in [-0.1, -0.05) is 42.5 Å². The van der Waals surface area contributed by atoms with Gasteiger partial charge in [0, 0.05) is 31.8 Å². The first-order chi connectivity index (χ1) is 9.16. The Morgan fingerprint density at radius 1 is 1.00 bits per heavy atom. The van der Waals surface area contributed by atoms with E-state index in [1.165, 1.54) is 5.56 Å². The van der Waals surface area contributed by atoms with Crippen molar-refractivity contribution in [2.75, 3.05) is 19.0 Å². The van der Waals surface area contributed by atoms with Gasteiger partial charge in [0.15, 0.2) is 5.78 Å². The van der Waals surface area contributed by atoms with E-state index in [9.17, 15) is 4.79 Å². The Kier molecular flexibility index (Phi) is 4.35. The van der Waals surface area contributed by atoms with Gasteiger partial charge in [-0.25, -0.2) is 0 Å². The summed E-state index contributed by atoms with van der Waals surface area (Å²) in [6.07, 6.45) is 1.35. The lowest BCUT2D eigenvalue weighted by Crippen LogP contribution is -2.10. The Hall–Kier alpha value is -2.09. The van der Waals surface area contributed by atoms with Crippen LogP contribution in [0, 0.1) is 0 Å². The SMILES string of the molecule is CN(C)c1cccc(C(=O)CCc2ccccc2)c1. The Bertz CT molecular complexity index is 546. The first-order valence-corrected chi connectivity index (χ1v) is 6.51. The number of rotatable bonds is 5. The highest BCUT2D eigenvalue weighted by Gasteiger charge is 2.07. The van der Waals surface area contributed by atoms with E-state index in [0.29, 0.717) is 6.42 Å². The van der Waals surface area contributed by atoms with Crippen molar-refractivity contribution in [2.45, 2.75) is 12.8 Å². The van der Waals surface area contributed by atoms with Gasteiger partial charge in [0.25, 0.3) is 0 Å². The Labute approximate surface area is 114 Å². The average Bonchev–Trinajstić information content (AvgIpc) is 2.46. The van der Waals surface area contributed by atoms with E-state index in [-0.39, 0.29) is 5.78 Å². The molecule has 0 aliphatic heterocycles. The summed E-state index contributed by atoms with van der Waals surface area (Å²) in [5, 5.41) is 0. The summed E-state index contributed by atoms with van der Waals surface area (Å²) >= 11 is 0. The molecule has 0 amide bonds. The van der Waals surface area contributed by atoms with Gasteiger partial charge in [-0.05, 0) is 24.1 Å². The third-order valence-corrected chi connectivity index (χ3v) is 3.17. The molecule has 0 bridgehead atoms. The Morgan fingerprint density at radius 2 is 1.74 bits per heavy atom. The average molecular weight is 253 g/mol. The predicted octanol–water partition coefficient (Wildman–Crippen LogP) is 3.57. The lowest BCUT2D eigenvalue weighted by atomic mass is 10.0. The van der Waals surface area contributed by atoms with Crippen molar-refractivity contribution in [3.8, 4) is 0 Å². The highest BCUT2D eigenvalue weighted by atomic mass is 16.1. The van der Waals surface area contributed by atoms with Crippen molar-refractivity contribution in [3.05, 3.63) is 65.7 Å². The van der Waals surface area contributed by atoms with E-state index in [1.54, 1.807) is 0 Å². The zero-order valence-electron chi connectivity index (χ0n) is 11.5. The maximum Gasteiger partial charge on any atom is 0.163 e. The lowest BCUT2D eigenvalue weighted by Gasteiger charge is -2.13. The fourth-order valence-electron chi connectivity index (χ4n) is 2.00. The summed E-state index contributed by atoms with van der Waals surface area (Å²) in [4.78, 5) is 14.2. The van der Waals surface area contributed by atoms with E-state index in [0.717, 1.165) is 17.7 Å². The lowest BCUT2D eigenvalue weighted by molar-refractivity contribution is 0.0983. The van der Waals surface area contributed by atoms with Gasteiger partial charge in [-0.3, -0.25) is 4.79 Å². The number of aryl methyl sites for hydroxylation is 1. The maximum absolute atomic E-state index is 12.2. The predicted molar refractivity (Wildman–Crippen MR) is 79.9 cm³/mol. The summed E-state index contributed by atoms with van der Waals surface area (Å²) in [5.74, 6) is 0.201. The van der Waals surface area contributed by atoms with Crippen molar-refractivity contribution in [1.82, 2.24) is 0 Å². The van der Waals surface area contributed by atoms with E-state index >= 15 is 0 Å². The zero-order valence-corrected chi connectivity index (χ0v) is 11.5. The molecule has 2 aromatic carbocycles. The minimum atomic E-state index is 0.201. The van der Waals surface area contributed by atoms with Gasteiger partial charge in [0.05, 0.1) is 0 Å². The second-order valence-electron chi connectivity index (χ2n) is 4.85. The van der Waals surface area contributed by atoms with E-state index < -0.39 is 0 Å². The second kappa shape index (κ2) is 6.19. The van der Waals surface area contributed by atoms with Crippen molar-refractivity contribution >= 4 is 11.5 Å². The molecule has 0 heterocycles. The molecule has 0 spiro atoms. The largest absolute Gasteiger partial charge is 0.378 e. The number of hydrogen-bond donors (Lipinski definition) is 0. The van der Waals surface area contributed by atoms with Crippen LogP contribution in [-0.4, -0.2) is 19.9 Å². The molecule has 0 aliphatic rings.